The van der Waals surface area contributed by atoms with Gasteiger partial charge < -0.3 is 9.88 Å². The summed E-state index contributed by atoms with van der Waals surface area (Å²) in [5.74, 6) is 0.0209. The minimum absolute atomic E-state index is 0.0209. The van der Waals surface area contributed by atoms with E-state index >= 15 is 0 Å². The van der Waals surface area contributed by atoms with Crippen molar-refractivity contribution in [3.63, 3.8) is 0 Å². The molecule has 3 heterocycles. The molecule has 0 amide bonds. The molecule has 0 bridgehead atoms. The summed E-state index contributed by atoms with van der Waals surface area (Å²) < 4.78 is 51.4. The van der Waals surface area contributed by atoms with Gasteiger partial charge in [0, 0.05) is 48.2 Å². The number of sulfonamides is 1. The first-order valence-electron chi connectivity index (χ1n) is 9.99. The molecule has 33 heavy (non-hydrogen) atoms. The van der Waals surface area contributed by atoms with Crippen LogP contribution in [0.25, 0.3) is 21.6 Å². The van der Waals surface area contributed by atoms with Gasteiger partial charge >= 0.3 is 0 Å². The van der Waals surface area contributed by atoms with Crippen molar-refractivity contribution < 1.29 is 16.8 Å². The van der Waals surface area contributed by atoms with Crippen molar-refractivity contribution >= 4 is 59.1 Å². The topological polar surface area (TPSA) is 103 Å². The highest BCUT2D eigenvalue weighted by molar-refractivity contribution is 7.93. The van der Waals surface area contributed by atoms with Gasteiger partial charge in [-0.3, -0.25) is 4.31 Å². The van der Waals surface area contributed by atoms with E-state index in [9.17, 15) is 16.8 Å². The van der Waals surface area contributed by atoms with Crippen LogP contribution < -0.4 is 4.31 Å². The van der Waals surface area contributed by atoms with Crippen molar-refractivity contribution in [1.82, 2.24) is 14.9 Å². The maximum atomic E-state index is 13.6. The van der Waals surface area contributed by atoms with E-state index in [2.05, 4.69) is 9.97 Å². The summed E-state index contributed by atoms with van der Waals surface area (Å²) in [7, 11) is -3.60. The molecule has 0 spiro atoms. The molecule has 0 saturated heterocycles. The van der Waals surface area contributed by atoms with Gasteiger partial charge in [-0.05, 0) is 30.6 Å². The Morgan fingerprint density at radius 3 is 2.55 bits per heavy atom. The SMILES string of the molecule is CN(CCS(C)(=O)=O)Cc1sccc1S(=O)(=O)N(C)c1cccc2cc(-c3nccs3)[nH]c12. The minimum Gasteiger partial charge on any atom is -0.351 e. The Kier molecular flexibility index (Phi) is 6.65. The monoisotopic (exact) mass is 524 g/mol. The second-order valence-electron chi connectivity index (χ2n) is 7.81. The highest BCUT2D eigenvalue weighted by Crippen LogP contribution is 2.34. The Labute approximate surface area is 201 Å². The highest BCUT2D eigenvalue weighted by atomic mass is 32.2. The maximum Gasteiger partial charge on any atom is 0.265 e. The van der Waals surface area contributed by atoms with Gasteiger partial charge in [0.1, 0.15) is 19.7 Å². The lowest BCUT2D eigenvalue weighted by Crippen LogP contribution is -2.29. The van der Waals surface area contributed by atoms with Crippen LogP contribution in [0.3, 0.4) is 0 Å². The fourth-order valence-corrected chi connectivity index (χ4v) is 7.42. The molecule has 0 aliphatic carbocycles. The first-order chi connectivity index (χ1) is 15.6. The van der Waals surface area contributed by atoms with Crippen LogP contribution in [0.2, 0.25) is 0 Å². The van der Waals surface area contributed by atoms with E-state index in [1.54, 1.807) is 37.8 Å². The standard InChI is InChI=1S/C21H24N4O4S4/c1-24(9-12-32(3,26)27)14-18-19(7-10-30-18)33(28,29)25(2)17-6-4-5-15-13-16(23-20(15)17)21-22-8-11-31-21/h4-8,10-11,13,23H,9,12,14H2,1-3H3. The van der Waals surface area contributed by atoms with Crippen molar-refractivity contribution in [2.75, 3.05) is 37.0 Å². The number of nitrogens with one attached hydrogen (secondary N) is 1. The van der Waals surface area contributed by atoms with Crippen LogP contribution in [-0.4, -0.2) is 64.4 Å². The summed E-state index contributed by atoms with van der Waals surface area (Å²) in [6, 6.07) is 9.10. The zero-order valence-corrected chi connectivity index (χ0v) is 21.6. The van der Waals surface area contributed by atoms with Crippen LogP contribution in [0.4, 0.5) is 5.69 Å². The number of hydrogen-bond donors (Lipinski definition) is 1. The molecule has 8 nitrogen and oxygen atoms in total. The fraction of sp³-hybridized carbons (Fsp3) is 0.286. The number of aromatic nitrogens is 2. The number of fused-ring (bicyclic) bond motifs is 1. The minimum atomic E-state index is -3.84. The van der Waals surface area contributed by atoms with Gasteiger partial charge in [0.25, 0.3) is 10.0 Å². The Hall–Kier alpha value is -2.25. The molecule has 0 aliphatic heterocycles. The number of thiazole rings is 1. The number of nitrogens with zero attached hydrogens (tertiary/aromatic N) is 3. The number of benzene rings is 1. The molecule has 4 aromatic rings. The van der Waals surface area contributed by atoms with Crippen molar-refractivity contribution in [3.05, 3.63) is 52.2 Å². The highest BCUT2D eigenvalue weighted by Gasteiger charge is 2.27. The van der Waals surface area contributed by atoms with Crippen molar-refractivity contribution in [2.24, 2.45) is 0 Å². The molecule has 0 radical (unpaired) electrons. The van der Waals surface area contributed by atoms with Crippen LogP contribution >= 0.6 is 22.7 Å². The van der Waals surface area contributed by atoms with Crippen LogP contribution in [0.1, 0.15) is 4.88 Å². The van der Waals surface area contributed by atoms with E-state index in [0.29, 0.717) is 23.7 Å². The molecule has 0 saturated carbocycles. The molecular formula is C21H24N4O4S4. The maximum absolute atomic E-state index is 13.6. The third-order valence-corrected chi connectivity index (χ3v) is 9.86. The lowest BCUT2D eigenvalue weighted by atomic mass is 10.2. The number of sulfone groups is 1. The van der Waals surface area contributed by atoms with Crippen LogP contribution in [0.5, 0.6) is 0 Å². The zero-order valence-electron chi connectivity index (χ0n) is 18.3. The molecule has 0 unspecified atom stereocenters. The molecule has 1 N–H and O–H groups in total. The van der Waals surface area contributed by atoms with Gasteiger partial charge in [-0.1, -0.05) is 12.1 Å². The molecule has 0 aliphatic rings. The number of thiophene rings is 1. The average molecular weight is 525 g/mol. The van der Waals surface area contributed by atoms with Crippen molar-refractivity contribution in [2.45, 2.75) is 11.4 Å². The summed E-state index contributed by atoms with van der Waals surface area (Å²) in [5.41, 5.74) is 2.09. The quantitative estimate of drug-likeness (QED) is 0.358. The summed E-state index contributed by atoms with van der Waals surface area (Å²) in [6.45, 7) is 0.670. The molecule has 1 aromatic carbocycles. The number of anilines is 1. The second kappa shape index (κ2) is 9.18. The number of hydrogen-bond acceptors (Lipinski definition) is 8. The summed E-state index contributed by atoms with van der Waals surface area (Å²) >= 11 is 2.85. The molecule has 0 fully saturated rings. The zero-order chi connectivity index (χ0) is 23.8. The van der Waals surface area contributed by atoms with Crippen LogP contribution in [0.15, 0.2) is 52.2 Å². The Bertz CT molecular complexity index is 1470. The van der Waals surface area contributed by atoms with E-state index in [4.69, 9.17) is 0 Å². The molecular weight excluding hydrogens is 501 g/mol. The summed E-state index contributed by atoms with van der Waals surface area (Å²) in [6.07, 6.45) is 2.92. The van der Waals surface area contributed by atoms with Gasteiger partial charge in [0.05, 0.1) is 22.7 Å². The van der Waals surface area contributed by atoms with Gasteiger partial charge in [-0.25, -0.2) is 21.8 Å². The first-order valence-corrected chi connectivity index (χ1v) is 15.3. The Morgan fingerprint density at radius 2 is 1.85 bits per heavy atom. The number of H-pyrrole nitrogens is 1. The van der Waals surface area contributed by atoms with Gasteiger partial charge in [0.15, 0.2) is 0 Å². The van der Waals surface area contributed by atoms with E-state index in [0.717, 1.165) is 21.6 Å². The molecule has 4 rings (SSSR count). The second-order valence-corrected chi connectivity index (χ2v) is 13.9. The largest absolute Gasteiger partial charge is 0.351 e. The first kappa shape index (κ1) is 23.9. The number of aromatic amines is 1. The predicted molar refractivity (Wildman–Crippen MR) is 135 cm³/mol. The molecule has 0 atom stereocenters. The lowest BCUT2D eigenvalue weighted by molar-refractivity contribution is 0.347. The van der Waals surface area contributed by atoms with Gasteiger partial charge in [-0.15, -0.1) is 22.7 Å². The fourth-order valence-electron chi connectivity index (χ4n) is 3.47. The van der Waals surface area contributed by atoms with Crippen molar-refractivity contribution in [1.29, 1.82) is 0 Å². The summed E-state index contributed by atoms with van der Waals surface area (Å²) in [5, 5.41) is 5.37. The number of rotatable bonds is 9. The number of para-hydroxylation sites is 1. The normalized spacial score (nSPS) is 12.6. The smallest absolute Gasteiger partial charge is 0.265 e. The van der Waals surface area contributed by atoms with Crippen LogP contribution in [0, 0.1) is 0 Å². The lowest BCUT2D eigenvalue weighted by Gasteiger charge is -2.22. The van der Waals surface area contributed by atoms with Gasteiger partial charge in [-0.2, -0.15) is 0 Å². The van der Waals surface area contributed by atoms with E-state index in [-0.39, 0.29) is 10.6 Å². The van der Waals surface area contributed by atoms with E-state index in [1.807, 2.05) is 28.5 Å². The Balaban J connectivity index is 1.64. The predicted octanol–water partition coefficient (Wildman–Crippen LogP) is 3.65. The Morgan fingerprint density at radius 1 is 1.06 bits per heavy atom. The van der Waals surface area contributed by atoms with Gasteiger partial charge in [0.2, 0.25) is 0 Å². The summed E-state index contributed by atoms with van der Waals surface area (Å²) in [4.78, 5) is 10.4. The van der Waals surface area contributed by atoms with Crippen LogP contribution in [-0.2, 0) is 26.4 Å². The molecule has 176 valence electrons. The van der Waals surface area contributed by atoms with E-state index in [1.165, 1.54) is 33.2 Å². The van der Waals surface area contributed by atoms with Crippen molar-refractivity contribution in [3.8, 4) is 10.7 Å². The van der Waals surface area contributed by atoms with E-state index < -0.39 is 19.9 Å². The average Bonchev–Trinajstić information content (AvgIpc) is 3.50. The third-order valence-electron chi connectivity index (χ3n) is 5.24. The molecule has 12 heteroatoms. The molecule has 3 aromatic heterocycles. The third kappa shape index (κ3) is 5.14.